The molecule has 1 aromatic heterocycles. The van der Waals surface area contributed by atoms with Gasteiger partial charge in [-0.05, 0) is 45.1 Å². The molecule has 0 bridgehead atoms. The number of allylic oxidation sites excluding steroid dienone is 1. The van der Waals surface area contributed by atoms with Crippen LogP contribution in [0, 0.1) is 6.92 Å². The molecule has 1 aromatic rings. The summed E-state index contributed by atoms with van der Waals surface area (Å²) in [6.07, 6.45) is 8.08. The van der Waals surface area contributed by atoms with Gasteiger partial charge >= 0.3 is 0 Å². The van der Waals surface area contributed by atoms with Crippen molar-refractivity contribution in [1.29, 1.82) is 0 Å². The van der Waals surface area contributed by atoms with Crippen molar-refractivity contribution < 1.29 is 0 Å². The van der Waals surface area contributed by atoms with Gasteiger partial charge in [0.25, 0.3) is 0 Å². The Labute approximate surface area is 151 Å². The lowest BCUT2D eigenvalue weighted by Crippen LogP contribution is -2.39. The molecule has 0 saturated heterocycles. The molecule has 0 aromatic carbocycles. The predicted octanol–water partition coefficient (Wildman–Crippen LogP) is 3.13. The van der Waals surface area contributed by atoms with Gasteiger partial charge in [0.05, 0.1) is 6.20 Å². The van der Waals surface area contributed by atoms with Crippen LogP contribution in [0.4, 0.5) is 0 Å². The van der Waals surface area contributed by atoms with Crippen molar-refractivity contribution in [3.63, 3.8) is 0 Å². The van der Waals surface area contributed by atoms with Crippen molar-refractivity contribution in [3.8, 4) is 0 Å². The second-order valence-corrected chi connectivity index (χ2v) is 5.21. The average Bonchev–Trinajstić information content (AvgIpc) is 2.88. The zero-order chi connectivity index (χ0) is 15.5. The molecule has 5 nitrogen and oxygen atoms in total. The molecule has 0 spiro atoms. The summed E-state index contributed by atoms with van der Waals surface area (Å²) in [5, 5.41) is 10.4. The number of aliphatic imine (C=N–C) groups is 1. The zero-order valence-corrected chi connectivity index (χ0v) is 16.4. The van der Waals surface area contributed by atoms with E-state index in [1.54, 1.807) is 0 Å². The summed E-state index contributed by atoms with van der Waals surface area (Å²) in [7, 11) is 2.09. The molecule has 0 aliphatic rings. The van der Waals surface area contributed by atoms with E-state index in [2.05, 4.69) is 47.9 Å². The Hall–Kier alpha value is -1.05. The summed E-state index contributed by atoms with van der Waals surface area (Å²) < 4.78 is 0. The monoisotopic (exact) mass is 419 g/mol. The van der Waals surface area contributed by atoms with Gasteiger partial charge in [-0.1, -0.05) is 6.08 Å². The normalized spacial score (nSPS) is 11.0. The minimum atomic E-state index is 0. The van der Waals surface area contributed by atoms with E-state index in [1.165, 1.54) is 5.56 Å². The number of nitrogens with zero attached hydrogens (tertiary/aromatic N) is 3. The second-order valence-electron chi connectivity index (χ2n) is 5.21. The maximum absolute atomic E-state index is 4.70. The van der Waals surface area contributed by atoms with E-state index in [1.807, 2.05) is 12.3 Å². The summed E-state index contributed by atoms with van der Waals surface area (Å²) in [6, 6.07) is 0. The Bertz CT molecular complexity index is 441. The Morgan fingerprint density at radius 1 is 1.50 bits per heavy atom. The predicted molar refractivity (Wildman–Crippen MR) is 105 cm³/mol. The first-order valence-corrected chi connectivity index (χ1v) is 7.78. The van der Waals surface area contributed by atoms with Gasteiger partial charge in [-0.3, -0.25) is 10.1 Å². The number of halogens is 1. The van der Waals surface area contributed by atoms with Gasteiger partial charge in [-0.2, -0.15) is 5.10 Å². The largest absolute Gasteiger partial charge is 0.357 e. The van der Waals surface area contributed by atoms with E-state index in [9.17, 15) is 0 Å². The second kappa shape index (κ2) is 12.5. The Morgan fingerprint density at radius 2 is 2.27 bits per heavy atom. The summed E-state index contributed by atoms with van der Waals surface area (Å²) in [5.74, 6) is 0.991. The van der Waals surface area contributed by atoms with E-state index in [4.69, 9.17) is 4.99 Å². The maximum Gasteiger partial charge on any atom is 0.193 e. The minimum Gasteiger partial charge on any atom is -0.357 e. The van der Waals surface area contributed by atoms with Crippen LogP contribution in [0.1, 0.15) is 37.4 Å². The maximum atomic E-state index is 4.70. The molecule has 0 unspecified atom stereocenters. The van der Waals surface area contributed by atoms with Gasteiger partial charge in [-0.25, -0.2) is 0 Å². The van der Waals surface area contributed by atoms with Gasteiger partial charge in [0.1, 0.15) is 0 Å². The molecule has 0 atom stereocenters. The van der Waals surface area contributed by atoms with Crippen molar-refractivity contribution in [1.82, 2.24) is 20.4 Å². The molecule has 0 fully saturated rings. The molecule has 0 radical (unpaired) electrons. The molecule has 0 amide bonds. The van der Waals surface area contributed by atoms with Crippen molar-refractivity contribution in [3.05, 3.63) is 30.1 Å². The zero-order valence-electron chi connectivity index (χ0n) is 14.1. The van der Waals surface area contributed by atoms with Crippen LogP contribution in [-0.4, -0.2) is 47.7 Å². The number of rotatable bonds is 9. The van der Waals surface area contributed by atoms with Crippen LogP contribution in [0.25, 0.3) is 0 Å². The third kappa shape index (κ3) is 7.82. The lowest BCUT2D eigenvalue weighted by molar-refractivity contribution is 0.470. The molecular formula is C16H30IN5. The number of nitrogens with one attached hydrogen (secondary N) is 2. The highest BCUT2D eigenvalue weighted by Gasteiger charge is 2.05. The highest BCUT2D eigenvalue weighted by Crippen LogP contribution is 2.05. The molecule has 1 heterocycles. The fourth-order valence-corrected chi connectivity index (χ4v) is 2.13. The summed E-state index contributed by atoms with van der Waals surface area (Å²) >= 11 is 0. The van der Waals surface area contributed by atoms with Crippen LogP contribution < -0.4 is 5.32 Å². The van der Waals surface area contributed by atoms with E-state index in [0.29, 0.717) is 0 Å². The summed E-state index contributed by atoms with van der Waals surface area (Å²) in [4.78, 5) is 6.89. The summed E-state index contributed by atoms with van der Waals surface area (Å²) in [5.41, 5.74) is 2.45. The molecule has 126 valence electrons. The Balaban J connectivity index is 0.00000441. The smallest absolute Gasteiger partial charge is 0.193 e. The third-order valence-corrected chi connectivity index (χ3v) is 3.40. The van der Waals surface area contributed by atoms with Crippen molar-refractivity contribution in [2.75, 3.05) is 26.7 Å². The quantitative estimate of drug-likeness (QED) is 0.213. The number of aromatic amines is 1. The van der Waals surface area contributed by atoms with Crippen LogP contribution in [0.3, 0.4) is 0 Å². The van der Waals surface area contributed by atoms with Gasteiger partial charge in [0.2, 0.25) is 0 Å². The van der Waals surface area contributed by atoms with E-state index in [0.717, 1.165) is 57.0 Å². The van der Waals surface area contributed by atoms with Gasteiger partial charge < -0.3 is 10.2 Å². The molecule has 22 heavy (non-hydrogen) atoms. The first-order chi connectivity index (χ1) is 10.2. The molecule has 0 aliphatic carbocycles. The lowest BCUT2D eigenvalue weighted by Gasteiger charge is -2.21. The topological polar surface area (TPSA) is 56.3 Å². The van der Waals surface area contributed by atoms with Crippen LogP contribution in [0.15, 0.2) is 23.8 Å². The first kappa shape index (κ1) is 20.9. The Kier molecular flexibility index (Phi) is 11.9. The summed E-state index contributed by atoms with van der Waals surface area (Å²) in [6.45, 7) is 10.6. The fraction of sp³-hybridized carbons (Fsp3) is 0.625. The standard InChI is InChI=1S/C16H29N5.HI/c1-5-7-8-12-21(4)16(17-6-2)18-11-9-10-15-13-19-20-14(15)3;/h5,13H,1,6-12H2,2-4H3,(H,17,18)(H,19,20);1H. The van der Waals surface area contributed by atoms with E-state index in [-0.39, 0.29) is 24.0 Å². The molecule has 0 aliphatic heterocycles. The number of unbranched alkanes of at least 4 members (excludes halogenated alkanes) is 1. The van der Waals surface area contributed by atoms with Crippen molar-refractivity contribution in [2.45, 2.75) is 39.5 Å². The highest BCUT2D eigenvalue weighted by atomic mass is 127. The third-order valence-electron chi connectivity index (χ3n) is 3.40. The number of aromatic nitrogens is 2. The minimum absolute atomic E-state index is 0. The number of hydrogen-bond acceptors (Lipinski definition) is 2. The molecule has 0 saturated carbocycles. The van der Waals surface area contributed by atoms with Crippen LogP contribution in [-0.2, 0) is 6.42 Å². The van der Waals surface area contributed by atoms with Gasteiger partial charge in [0.15, 0.2) is 5.96 Å². The number of aryl methyl sites for hydroxylation is 2. The van der Waals surface area contributed by atoms with Gasteiger partial charge in [0, 0.05) is 32.4 Å². The first-order valence-electron chi connectivity index (χ1n) is 7.78. The van der Waals surface area contributed by atoms with Crippen LogP contribution in [0.5, 0.6) is 0 Å². The SMILES string of the molecule is C=CCCCN(C)C(=NCCCc1cn[nH]c1C)NCC.I. The van der Waals surface area contributed by atoms with E-state index >= 15 is 0 Å². The molecular weight excluding hydrogens is 389 g/mol. The van der Waals surface area contributed by atoms with Crippen LogP contribution >= 0.6 is 24.0 Å². The highest BCUT2D eigenvalue weighted by molar-refractivity contribution is 14.0. The number of hydrogen-bond donors (Lipinski definition) is 2. The number of H-pyrrole nitrogens is 1. The molecule has 6 heteroatoms. The van der Waals surface area contributed by atoms with Crippen molar-refractivity contribution in [2.24, 2.45) is 4.99 Å². The molecule has 2 N–H and O–H groups in total. The molecule has 1 rings (SSSR count). The van der Waals surface area contributed by atoms with Gasteiger partial charge in [-0.15, -0.1) is 30.6 Å². The van der Waals surface area contributed by atoms with E-state index < -0.39 is 0 Å². The lowest BCUT2D eigenvalue weighted by atomic mass is 10.1. The Morgan fingerprint density at radius 3 is 2.86 bits per heavy atom. The van der Waals surface area contributed by atoms with Crippen LogP contribution in [0.2, 0.25) is 0 Å². The van der Waals surface area contributed by atoms with Crippen molar-refractivity contribution >= 4 is 29.9 Å². The number of guanidine groups is 1. The fourth-order valence-electron chi connectivity index (χ4n) is 2.13. The average molecular weight is 419 g/mol.